The van der Waals surface area contributed by atoms with Crippen LogP contribution in [0.5, 0.6) is 5.75 Å². The molecule has 8 nitrogen and oxygen atoms in total. The second-order valence-corrected chi connectivity index (χ2v) is 10.9. The van der Waals surface area contributed by atoms with Crippen LogP contribution in [0, 0.1) is 0 Å². The Bertz CT molecular complexity index is 1110. The van der Waals surface area contributed by atoms with Crippen molar-refractivity contribution < 1.29 is 22.7 Å². The summed E-state index contributed by atoms with van der Waals surface area (Å²) >= 11 is 3.34. The number of carbonyl (C=O) groups is 2. The first-order valence-corrected chi connectivity index (χ1v) is 13.6. The summed E-state index contributed by atoms with van der Waals surface area (Å²) in [6.45, 7) is 5.15. The Kier molecular flexibility index (Phi) is 9.93. The molecule has 2 aromatic rings. The minimum absolute atomic E-state index is 0.0575. The van der Waals surface area contributed by atoms with Gasteiger partial charge in [-0.3, -0.25) is 13.9 Å². The molecule has 34 heavy (non-hydrogen) atoms. The molecule has 0 aliphatic rings. The summed E-state index contributed by atoms with van der Waals surface area (Å²) in [5.74, 6) is -0.188. The molecule has 0 aliphatic carbocycles. The van der Waals surface area contributed by atoms with E-state index in [-0.39, 0.29) is 18.5 Å². The van der Waals surface area contributed by atoms with Crippen molar-refractivity contribution in [2.75, 3.05) is 24.2 Å². The molecular weight excluding hydrogens is 522 g/mol. The maximum atomic E-state index is 13.5. The predicted octanol–water partition coefficient (Wildman–Crippen LogP) is 3.56. The Balaban J connectivity index is 2.40. The molecule has 0 aliphatic heterocycles. The van der Waals surface area contributed by atoms with E-state index in [2.05, 4.69) is 21.2 Å². The van der Waals surface area contributed by atoms with Crippen molar-refractivity contribution in [1.82, 2.24) is 10.2 Å². The van der Waals surface area contributed by atoms with Crippen LogP contribution in [0.15, 0.2) is 53.0 Å². The van der Waals surface area contributed by atoms with Gasteiger partial charge in [0.2, 0.25) is 21.8 Å². The number of hydrogen-bond acceptors (Lipinski definition) is 5. The number of halogens is 1. The smallest absolute Gasteiger partial charge is 0.244 e. The molecule has 2 amide bonds. The molecule has 0 aromatic heterocycles. The van der Waals surface area contributed by atoms with E-state index in [0.717, 1.165) is 22.5 Å². The molecule has 0 heterocycles. The second-order valence-electron chi connectivity index (χ2n) is 8.12. The van der Waals surface area contributed by atoms with Crippen LogP contribution in [0.2, 0.25) is 0 Å². The number of amides is 2. The quantitative estimate of drug-likeness (QED) is 0.459. The van der Waals surface area contributed by atoms with Gasteiger partial charge in [-0.2, -0.15) is 0 Å². The number of rotatable bonds is 11. The Morgan fingerprint density at radius 3 is 2.38 bits per heavy atom. The summed E-state index contributed by atoms with van der Waals surface area (Å²) in [5.41, 5.74) is 1.10. The number of benzene rings is 2. The van der Waals surface area contributed by atoms with Crippen LogP contribution in [0.1, 0.15) is 32.8 Å². The molecule has 0 radical (unpaired) electrons. The third-order valence-corrected chi connectivity index (χ3v) is 7.06. The summed E-state index contributed by atoms with van der Waals surface area (Å²) in [7, 11) is -2.22. The predicted molar refractivity (Wildman–Crippen MR) is 137 cm³/mol. The van der Waals surface area contributed by atoms with E-state index in [1.165, 1.54) is 4.90 Å². The van der Waals surface area contributed by atoms with Crippen LogP contribution < -0.4 is 14.4 Å². The SMILES string of the molecule is CC[C@@H](C)NC(=O)[C@@H](C)N(Cc1cccc(OC)c1)C(=O)CN(c1cccc(Br)c1)S(C)(=O)=O. The van der Waals surface area contributed by atoms with E-state index in [1.54, 1.807) is 56.5 Å². The fourth-order valence-electron chi connectivity index (χ4n) is 3.26. The summed E-state index contributed by atoms with van der Waals surface area (Å²) < 4.78 is 32.1. The molecule has 2 aromatic carbocycles. The number of methoxy groups -OCH3 is 1. The number of anilines is 1. The van der Waals surface area contributed by atoms with Gasteiger partial charge in [0.05, 0.1) is 19.1 Å². The van der Waals surface area contributed by atoms with Crippen molar-refractivity contribution in [3.05, 3.63) is 58.6 Å². The van der Waals surface area contributed by atoms with Gasteiger partial charge in [0.15, 0.2) is 0 Å². The minimum atomic E-state index is -3.77. The van der Waals surface area contributed by atoms with Gasteiger partial charge in [-0.25, -0.2) is 8.42 Å². The van der Waals surface area contributed by atoms with E-state index in [1.807, 2.05) is 19.9 Å². The lowest BCUT2D eigenvalue weighted by Crippen LogP contribution is -2.52. The molecule has 2 rings (SSSR count). The highest BCUT2D eigenvalue weighted by Gasteiger charge is 2.30. The molecule has 1 N–H and O–H groups in total. The maximum Gasteiger partial charge on any atom is 0.244 e. The molecule has 0 saturated carbocycles. The van der Waals surface area contributed by atoms with Crippen molar-refractivity contribution >= 4 is 43.5 Å². The maximum absolute atomic E-state index is 13.5. The molecule has 0 bridgehead atoms. The summed E-state index contributed by atoms with van der Waals surface area (Å²) in [5, 5.41) is 2.90. The Labute approximate surface area is 210 Å². The van der Waals surface area contributed by atoms with Gasteiger partial charge in [0.1, 0.15) is 18.3 Å². The number of nitrogens with zero attached hydrogens (tertiary/aromatic N) is 2. The average Bonchev–Trinajstić information content (AvgIpc) is 2.79. The number of carbonyl (C=O) groups excluding carboxylic acids is 2. The van der Waals surface area contributed by atoms with Gasteiger partial charge in [-0.1, -0.05) is 41.1 Å². The van der Waals surface area contributed by atoms with Crippen LogP contribution in [-0.2, 0) is 26.2 Å². The van der Waals surface area contributed by atoms with Crippen LogP contribution in [0.4, 0.5) is 5.69 Å². The van der Waals surface area contributed by atoms with Gasteiger partial charge >= 0.3 is 0 Å². The van der Waals surface area contributed by atoms with Gasteiger partial charge in [-0.15, -0.1) is 0 Å². The van der Waals surface area contributed by atoms with Gasteiger partial charge in [-0.05, 0) is 56.2 Å². The van der Waals surface area contributed by atoms with Crippen LogP contribution in [0.3, 0.4) is 0 Å². The van der Waals surface area contributed by atoms with E-state index < -0.39 is 28.5 Å². The zero-order valence-corrected chi connectivity index (χ0v) is 22.5. The Morgan fingerprint density at radius 1 is 1.12 bits per heavy atom. The number of nitrogens with one attached hydrogen (secondary N) is 1. The van der Waals surface area contributed by atoms with Crippen LogP contribution in [-0.4, -0.2) is 57.1 Å². The van der Waals surface area contributed by atoms with Crippen molar-refractivity contribution in [2.45, 2.75) is 45.8 Å². The summed E-state index contributed by atoms with van der Waals surface area (Å²) in [6, 6.07) is 13.0. The summed E-state index contributed by atoms with van der Waals surface area (Å²) in [6.07, 6.45) is 1.79. The van der Waals surface area contributed by atoms with E-state index in [4.69, 9.17) is 4.74 Å². The van der Waals surface area contributed by atoms with Gasteiger partial charge in [0, 0.05) is 17.1 Å². The van der Waals surface area contributed by atoms with Crippen molar-refractivity contribution in [3.8, 4) is 5.75 Å². The monoisotopic (exact) mass is 553 g/mol. The lowest BCUT2D eigenvalue weighted by Gasteiger charge is -2.32. The summed E-state index contributed by atoms with van der Waals surface area (Å²) in [4.78, 5) is 27.8. The molecular formula is C24H32BrN3O5S. The second kappa shape index (κ2) is 12.2. The van der Waals surface area contributed by atoms with Crippen LogP contribution >= 0.6 is 15.9 Å². The Morgan fingerprint density at radius 2 is 1.79 bits per heavy atom. The lowest BCUT2D eigenvalue weighted by molar-refractivity contribution is -0.139. The van der Waals surface area contributed by atoms with Gasteiger partial charge < -0.3 is 15.0 Å². The average molecular weight is 555 g/mol. The first-order valence-electron chi connectivity index (χ1n) is 10.9. The highest BCUT2D eigenvalue weighted by Crippen LogP contribution is 2.23. The molecule has 0 saturated heterocycles. The van der Waals surface area contributed by atoms with Crippen molar-refractivity contribution in [2.24, 2.45) is 0 Å². The first-order chi connectivity index (χ1) is 16.0. The highest BCUT2D eigenvalue weighted by atomic mass is 79.9. The van der Waals surface area contributed by atoms with E-state index in [9.17, 15) is 18.0 Å². The fourth-order valence-corrected chi connectivity index (χ4v) is 4.49. The molecule has 0 fully saturated rings. The molecule has 186 valence electrons. The van der Waals surface area contributed by atoms with Crippen LogP contribution in [0.25, 0.3) is 0 Å². The third-order valence-electron chi connectivity index (χ3n) is 5.43. The normalized spacial score (nSPS) is 13.0. The largest absolute Gasteiger partial charge is 0.497 e. The molecule has 0 unspecified atom stereocenters. The van der Waals surface area contributed by atoms with Crippen molar-refractivity contribution in [1.29, 1.82) is 0 Å². The third kappa shape index (κ3) is 7.73. The Hall–Kier alpha value is -2.59. The fraction of sp³-hybridized carbons (Fsp3) is 0.417. The first kappa shape index (κ1) is 27.7. The zero-order chi connectivity index (χ0) is 25.5. The number of sulfonamides is 1. The highest BCUT2D eigenvalue weighted by molar-refractivity contribution is 9.10. The standard InChI is InChI=1S/C24H32BrN3O5S/c1-6-17(2)26-24(30)18(3)27(15-19-9-7-12-22(13-19)33-4)23(29)16-28(34(5,31)32)21-11-8-10-20(25)14-21/h7-14,17-18H,6,15-16H2,1-5H3,(H,26,30)/t17-,18-/m1/s1. The number of hydrogen-bond donors (Lipinski definition) is 1. The van der Waals surface area contributed by atoms with E-state index >= 15 is 0 Å². The number of ether oxygens (including phenoxy) is 1. The molecule has 10 heteroatoms. The molecule has 2 atom stereocenters. The zero-order valence-electron chi connectivity index (χ0n) is 20.1. The van der Waals surface area contributed by atoms with Crippen molar-refractivity contribution in [3.63, 3.8) is 0 Å². The lowest BCUT2D eigenvalue weighted by atomic mass is 10.1. The topological polar surface area (TPSA) is 96.0 Å². The molecule has 0 spiro atoms. The van der Waals surface area contributed by atoms with Gasteiger partial charge in [0.25, 0.3) is 0 Å². The van der Waals surface area contributed by atoms with E-state index in [0.29, 0.717) is 15.9 Å². The minimum Gasteiger partial charge on any atom is -0.497 e.